The molecule has 0 bridgehead atoms. The van der Waals surface area contributed by atoms with Crippen LogP contribution in [0, 0.1) is 0 Å². The van der Waals surface area contributed by atoms with Crippen LogP contribution in [0.15, 0.2) is 0 Å². The smallest absolute Gasteiger partial charge is 0.121 e. The van der Waals surface area contributed by atoms with E-state index in [1.807, 2.05) is 6.92 Å². The van der Waals surface area contributed by atoms with Crippen molar-refractivity contribution in [3.63, 3.8) is 0 Å². The molecule has 0 spiro atoms. The molecular weight excluding hydrogens is 142 g/mol. The Bertz CT molecular complexity index is 145. The Balaban J connectivity index is 2.24. The highest BCUT2D eigenvalue weighted by Gasteiger charge is 2.30. The summed E-state index contributed by atoms with van der Waals surface area (Å²) < 4.78 is 0. The van der Waals surface area contributed by atoms with E-state index in [-0.39, 0.29) is 0 Å². The fraction of sp³-hybridized carbons (Fsp3) is 0.875. The minimum Gasteiger partial charge on any atom is -0.389 e. The summed E-state index contributed by atoms with van der Waals surface area (Å²) >= 11 is 0. The Hall–Kier alpha value is -0.410. The summed E-state index contributed by atoms with van der Waals surface area (Å²) in [5.74, 6) is 0. The molecule has 0 amide bonds. The molecule has 0 aromatic heterocycles. The molecule has 1 heterocycles. The Labute approximate surface area is 67.0 Å². The van der Waals surface area contributed by atoms with Crippen LogP contribution in [0.2, 0.25) is 0 Å². The SMILES string of the molecule is CC1(O)CCN(CCC=O)C1. The van der Waals surface area contributed by atoms with Gasteiger partial charge < -0.3 is 9.90 Å². The van der Waals surface area contributed by atoms with Gasteiger partial charge in [-0.05, 0) is 13.3 Å². The fourth-order valence-corrected chi connectivity index (χ4v) is 1.46. The quantitative estimate of drug-likeness (QED) is 0.588. The van der Waals surface area contributed by atoms with Crippen molar-refractivity contribution in [1.29, 1.82) is 0 Å². The summed E-state index contributed by atoms with van der Waals surface area (Å²) in [6.07, 6.45) is 2.33. The van der Waals surface area contributed by atoms with Crippen LogP contribution in [-0.4, -0.2) is 41.5 Å². The first-order valence-corrected chi connectivity index (χ1v) is 4.02. The van der Waals surface area contributed by atoms with Gasteiger partial charge in [-0.2, -0.15) is 0 Å². The predicted octanol–water partition coefficient (Wildman–Crippen LogP) is 0.0321. The number of nitrogens with zero attached hydrogens (tertiary/aromatic N) is 1. The van der Waals surface area contributed by atoms with E-state index in [0.717, 1.165) is 25.8 Å². The van der Waals surface area contributed by atoms with Crippen molar-refractivity contribution in [2.24, 2.45) is 0 Å². The Morgan fingerprint density at radius 3 is 2.91 bits per heavy atom. The molecule has 0 aliphatic carbocycles. The Morgan fingerprint density at radius 2 is 2.45 bits per heavy atom. The molecule has 1 rings (SSSR count). The number of aliphatic hydroxyl groups is 1. The van der Waals surface area contributed by atoms with Gasteiger partial charge in [0.05, 0.1) is 5.60 Å². The number of hydrogen-bond donors (Lipinski definition) is 1. The predicted molar refractivity (Wildman–Crippen MR) is 42.4 cm³/mol. The highest BCUT2D eigenvalue weighted by Crippen LogP contribution is 2.19. The van der Waals surface area contributed by atoms with Crippen molar-refractivity contribution in [2.45, 2.75) is 25.4 Å². The lowest BCUT2D eigenvalue weighted by atomic mass is 10.1. The van der Waals surface area contributed by atoms with Gasteiger partial charge in [-0.3, -0.25) is 4.90 Å². The van der Waals surface area contributed by atoms with Crippen molar-refractivity contribution in [3.05, 3.63) is 0 Å². The second kappa shape index (κ2) is 3.32. The molecule has 1 unspecified atom stereocenters. The van der Waals surface area contributed by atoms with Crippen LogP contribution in [-0.2, 0) is 4.79 Å². The third-order valence-corrected chi connectivity index (χ3v) is 2.09. The van der Waals surface area contributed by atoms with Crippen LogP contribution in [0.4, 0.5) is 0 Å². The molecule has 0 aromatic rings. The molecule has 1 aliphatic rings. The highest BCUT2D eigenvalue weighted by molar-refractivity contribution is 5.49. The maximum absolute atomic E-state index is 10.0. The number of rotatable bonds is 3. The van der Waals surface area contributed by atoms with Crippen LogP contribution in [0.5, 0.6) is 0 Å². The lowest BCUT2D eigenvalue weighted by Gasteiger charge is -2.17. The maximum atomic E-state index is 10.0. The minimum atomic E-state index is -0.525. The summed E-state index contributed by atoms with van der Waals surface area (Å²) in [4.78, 5) is 12.2. The zero-order valence-electron chi connectivity index (χ0n) is 6.92. The summed E-state index contributed by atoms with van der Waals surface area (Å²) in [6, 6.07) is 0. The van der Waals surface area contributed by atoms with Gasteiger partial charge in [0.1, 0.15) is 6.29 Å². The minimum absolute atomic E-state index is 0.525. The molecule has 11 heavy (non-hydrogen) atoms. The number of carbonyl (C=O) groups is 1. The largest absolute Gasteiger partial charge is 0.389 e. The first-order valence-electron chi connectivity index (χ1n) is 4.02. The van der Waals surface area contributed by atoms with Crippen LogP contribution in [0.3, 0.4) is 0 Å². The standard InChI is InChI=1S/C8H15NO2/c1-8(11)3-5-9(7-8)4-2-6-10/h6,11H,2-5,7H2,1H3. The summed E-state index contributed by atoms with van der Waals surface area (Å²) in [5.41, 5.74) is -0.525. The van der Waals surface area contributed by atoms with Gasteiger partial charge in [0.25, 0.3) is 0 Å². The lowest BCUT2D eigenvalue weighted by Crippen LogP contribution is -2.30. The molecule has 0 radical (unpaired) electrons. The second-order valence-electron chi connectivity index (χ2n) is 3.48. The van der Waals surface area contributed by atoms with Crippen molar-refractivity contribution in [2.75, 3.05) is 19.6 Å². The monoisotopic (exact) mass is 157 g/mol. The molecule has 0 aromatic carbocycles. The summed E-state index contributed by atoms with van der Waals surface area (Å²) in [7, 11) is 0. The Morgan fingerprint density at radius 1 is 1.73 bits per heavy atom. The highest BCUT2D eigenvalue weighted by atomic mass is 16.3. The molecule has 1 saturated heterocycles. The van der Waals surface area contributed by atoms with Crippen molar-refractivity contribution in [1.82, 2.24) is 4.90 Å². The average molecular weight is 157 g/mol. The van der Waals surface area contributed by atoms with E-state index in [2.05, 4.69) is 4.90 Å². The molecule has 0 saturated carbocycles. The molecule has 64 valence electrons. The van der Waals surface area contributed by atoms with E-state index < -0.39 is 5.60 Å². The van der Waals surface area contributed by atoms with Gasteiger partial charge >= 0.3 is 0 Å². The van der Waals surface area contributed by atoms with Gasteiger partial charge in [0.2, 0.25) is 0 Å². The van der Waals surface area contributed by atoms with Gasteiger partial charge in [0, 0.05) is 26.1 Å². The van der Waals surface area contributed by atoms with E-state index in [1.54, 1.807) is 0 Å². The molecule has 1 atom stereocenters. The first-order chi connectivity index (χ1) is 5.14. The summed E-state index contributed by atoms with van der Waals surface area (Å²) in [5, 5.41) is 9.53. The van der Waals surface area contributed by atoms with E-state index in [4.69, 9.17) is 0 Å². The third-order valence-electron chi connectivity index (χ3n) is 2.09. The van der Waals surface area contributed by atoms with Crippen molar-refractivity contribution in [3.8, 4) is 0 Å². The van der Waals surface area contributed by atoms with Gasteiger partial charge in [-0.15, -0.1) is 0 Å². The second-order valence-corrected chi connectivity index (χ2v) is 3.48. The van der Waals surface area contributed by atoms with Crippen LogP contribution < -0.4 is 0 Å². The topological polar surface area (TPSA) is 40.5 Å². The number of likely N-dealkylation sites (tertiary alicyclic amines) is 1. The van der Waals surface area contributed by atoms with Gasteiger partial charge in [-0.1, -0.05) is 0 Å². The van der Waals surface area contributed by atoms with Crippen LogP contribution >= 0.6 is 0 Å². The van der Waals surface area contributed by atoms with Gasteiger partial charge in [-0.25, -0.2) is 0 Å². The van der Waals surface area contributed by atoms with E-state index in [9.17, 15) is 9.90 Å². The normalized spacial score (nSPS) is 32.5. The van der Waals surface area contributed by atoms with Crippen LogP contribution in [0.25, 0.3) is 0 Å². The number of hydrogen-bond acceptors (Lipinski definition) is 3. The van der Waals surface area contributed by atoms with E-state index in [1.165, 1.54) is 0 Å². The first kappa shape index (κ1) is 8.68. The van der Waals surface area contributed by atoms with Gasteiger partial charge in [0.15, 0.2) is 0 Å². The molecule has 1 N–H and O–H groups in total. The molecular formula is C8H15NO2. The van der Waals surface area contributed by atoms with E-state index in [0.29, 0.717) is 13.0 Å². The summed E-state index contributed by atoms with van der Waals surface area (Å²) in [6.45, 7) is 4.26. The van der Waals surface area contributed by atoms with E-state index >= 15 is 0 Å². The lowest BCUT2D eigenvalue weighted by molar-refractivity contribution is -0.108. The number of carbonyl (C=O) groups excluding carboxylic acids is 1. The molecule has 1 fully saturated rings. The van der Waals surface area contributed by atoms with Crippen LogP contribution in [0.1, 0.15) is 19.8 Å². The zero-order valence-corrected chi connectivity index (χ0v) is 6.92. The van der Waals surface area contributed by atoms with Crippen molar-refractivity contribution >= 4 is 6.29 Å². The third kappa shape index (κ3) is 2.60. The molecule has 3 nitrogen and oxygen atoms in total. The molecule has 3 heteroatoms. The maximum Gasteiger partial charge on any atom is 0.121 e. The zero-order chi connectivity index (χ0) is 8.32. The average Bonchev–Trinajstić information content (AvgIpc) is 2.26. The fourth-order valence-electron chi connectivity index (χ4n) is 1.46. The Kier molecular flexibility index (Phi) is 2.62. The van der Waals surface area contributed by atoms with Crippen molar-refractivity contribution < 1.29 is 9.90 Å². The molecule has 1 aliphatic heterocycles. The number of aldehydes is 1. The number of β-amino-alcohol motifs (C(OH)–C–C–N with tert-alkyl or cyclic N) is 1.